The number of rotatable bonds is 7. The Labute approximate surface area is 179 Å². The monoisotopic (exact) mass is 439 g/mol. The highest BCUT2D eigenvalue weighted by Crippen LogP contribution is 2.30. The first kappa shape index (κ1) is 23.4. The van der Waals surface area contributed by atoms with Crippen LogP contribution in [0.1, 0.15) is 38.1 Å². The van der Waals surface area contributed by atoms with Gasteiger partial charge in [-0.1, -0.05) is 17.7 Å². The number of benzene rings is 2. The molecule has 0 saturated carbocycles. The van der Waals surface area contributed by atoms with Gasteiger partial charge in [0.05, 0.1) is 28.1 Å². The van der Waals surface area contributed by atoms with Gasteiger partial charge >= 0.3 is 6.03 Å². The van der Waals surface area contributed by atoms with Crippen LogP contribution in [0.4, 0.5) is 25.0 Å². The zero-order valence-corrected chi connectivity index (χ0v) is 17.9. The van der Waals surface area contributed by atoms with Crippen molar-refractivity contribution in [2.45, 2.75) is 33.8 Å². The molecule has 0 heterocycles. The first-order chi connectivity index (χ1) is 14.2. The fourth-order valence-electron chi connectivity index (χ4n) is 2.68. The lowest BCUT2D eigenvalue weighted by atomic mass is 10.1. The summed E-state index contributed by atoms with van der Waals surface area (Å²) in [4.78, 5) is 26.5. The third-order valence-electron chi connectivity index (χ3n) is 4.17. The summed E-state index contributed by atoms with van der Waals surface area (Å²) in [6, 6.07) is 5.63. The van der Waals surface area contributed by atoms with Crippen molar-refractivity contribution in [3.05, 3.63) is 52.6 Å². The largest absolute Gasteiger partial charge is 0.490 e. The van der Waals surface area contributed by atoms with Crippen molar-refractivity contribution in [1.29, 1.82) is 0 Å². The molecule has 2 aromatic carbocycles. The molecule has 0 aliphatic heterocycles. The summed E-state index contributed by atoms with van der Waals surface area (Å²) in [5.41, 5.74) is -0.525. The Kier molecular flexibility index (Phi) is 8.00. The van der Waals surface area contributed by atoms with Gasteiger partial charge in [-0.05, 0) is 45.9 Å². The van der Waals surface area contributed by atoms with Crippen LogP contribution in [0, 0.1) is 11.6 Å². The van der Waals surface area contributed by atoms with Gasteiger partial charge in [0.25, 0.3) is 5.91 Å². The molecule has 0 bridgehead atoms. The molecule has 0 atom stereocenters. The van der Waals surface area contributed by atoms with Crippen molar-refractivity contribution in [3.63, 3.8) is 0 Å². The molecule has 0 radical (unpaired) electrons. The average molecular weight is 440 g/mol. The summed E-state index contributed by atoms with van der Waals surface area (Å²) in [5, 5.41) is 4.82. The van der Waals surface area contributed by atoms with Gasteiger partial charge in [0.2, 0.25) is 0 Å². The molecule has 3 amide bonds. The van der Waals surface area contributed by atoms with Crippen LogP contribution >= 0.6 is 11.6 Å². The Balaban J connectivity index is 2.40. The van der Waals surface area contributed by atoms with Crippen LogP contribution in [0.25, 0.3) is 0 Å². The van der Waals surface area contributed by atoms with E-state index < -0.39 is 23.6 Å². The van der Waals surface area contributed by atoms with E-state index in [2.05, 4.69) is 10.6 Å². The summed E-state index contributed by atoms with van der Waals surface area (Å²) in [6.45, 7) is 7.95. The standard InChI is InChI=1S/C21H24ClF2N3O3/c1-5-27(6-2)21(29)25-17-11-18(30-12(3)4)13(10-16(17)24)20(28)26-19-14(22)8-7-9-15(19)23/h7-12H,5-6H2,1-4H3,(H,25,29)(H,26,28). The third kappa shape index (κ3) is 5.60. The lowest BCUT2D eigenvalue weighted by molar-refractivity contribution is 0.102. The van der Waals surface area contributed by atoms with Crippen molar-refractivity contribution in [1.82, 2.24) is 4.90 Å². The maximum atomic E-state index is 14.7. The van der Waals surface area contributed by atoms with Crippen LogP contribution in [0.5, 0.6) is 5.75 Å². The van der Waals surface area contributed by atoms with Crippen molar-refractivity contribution >= 4 is 34.9 Å². The van der Waals surface area contributed by atoms with E-state index in [1.54, 1.807) is 27.7 Å². The maximum absolute atomic E-state index is 14.7. The predicted molar refractivity (Wildman–Crippen MR) is 113 cm³/mol. The van der Waals surface area contributed by atoms with Crippen molar-refractivity contribution in [3.8, 4) is 5.75 Å². The van der Waals surface area contributed by atoms with Crippen molar-refractivity contribution < 1.29 is 23.1 Å². The second-order valence-corrected chi connectivity index (χ2v) is 7.06. The molecule has 6 nitrogen and oxygen atoms in total. The second-order valence-electron chi connectivity index (χ2n) is 6.65. The number of para-hydroxylation sites is 1. The predicted octanol–water partition coefficient (Wildman–Crippen LogP) is 5.53. The lowest BCUT2D eigenvalue weighted by Gasteiger charge is -2.21. The molecule has 9 heteroatoms. The van der Waals surface area contributed by atoms with E-state index in [-0.39, 0.29) is 33.8 Å². The summed E-state index contributed by atoms with van der Waals surface area (Å²) in [7, 11) is 0. The molecular formula is C21H24ClF2N3O3. The zero-order chi connectivity index (χ0) is 22.4. The molecule has 2 rings (SSSR count). The first-order valence-electron chi connectivity index (χ1n) is 9.49. The maximum Gasteiger partial charge on any atom is 0.321 e. The van der Waals surface area contributed by atoms with Crippen LogP contribution in [-0.2, 0) is 0 Å². The van der Waals surface area contributed by atoms with E-state index in [9.17, 15) is 18.4 Å². The number of anilines is 2. The smallest absolute Gasteiger partial charge is 0.321 e. The van der Waals surface area contributed by atoms with Crippen LogP contribution in [0.3, 0.4) is 0 Å². The van der Waals surface area contributed by atoms with Gasteiger partial charge in [0.1, 0.15) is 17.4 Å². The van der Waals surface area contributed by atoms with Gasteiger partial charge in [-0.3, -0.25) is 4.79 Å². The van der Waals surface area contributed by atoms with Gasteiger partial charge in [-0.15, -0.1) is 0 Å². The highest BCUT2D eigenvalue weighted by Gasteiger charge is 2.22. The zero-order valence-electron chi connectivity index (χ0n) is 17.2. The average Bonchev–Trinajstić information content (AvgIpc) is 2.67. The van der Waals surface area contributed by atoms with Gasteiger partial charge in [-0.2, -0.15) is 0 Å². The number of nitrogens with one attached hydrogen (secondary N) is 2. The Morgan fingerprint density at radius 2 is 1.77 bits per heavy atom. The third-order valence-corrected chi connectivity index (χ3v) is 4.49. The normalized spacial score (nSPS) is 10.7. The number of ether oxygens (including phenoxy) is 1. The Hall–Kier alpha value is -2.87. The summed E-state index contributed by atoms with van der Waals surface area (Å²) < 4.78 is 34.3. The summed E-state index contributed by atoms with van der Waals surface area (Å²) in [5.74, 6) is -2.34. The van der Waals surface area contributed by atoms with E-state index in [0.29, 0.717) is 13.1 Å². The minimum atomic E-state index is -0.837. The summed E-state index contributed by atoms with van der Waals surface area (Å²) >= 11 is 5.94. The van der Waals surface area contributed by atoms with Gasteiger partial charge in [-0.25, -0.2) is 13.6 Å². The molecule has 0 unspecified atom stereocenters. The molecule has 0 aromatic heterocycles. The second kappa shape index (κ2) is 10.2. The van der Waals surface area contributed by atoms with Gasteiger partial charge in [0, 0.05) is 19.2 Å². The Morgan fingerprint density at radius 1 is 1.10 bits per heavy atom. The fourth-order valence-corrected chi connectivity index (χ4v) is 2.89. The van der Waals surface area contributed by atoms with Crippen LogP contribution < -0.4 is 15.4 Å². The van der Waals surface area contributed by atoms with E-state index in [4.69, 9.17) is 16.3 Å². The van der Waals surface area contributed by atoms with E-state index in [1.165, 1.54) is 23.1 Å². The number of nitrogens with zero attached hydrogens (tertiary/aromatic N) is 1. The van der Waals surface area contributed by atoms with Crippen LogP contribution in [0.2, 0.25) is 5.02 Å². The van der Waals surface area contributed by atoms with Crippen molar-refractivity contribution in [2.75, 3.05) is 23.7 Å². The Morgan fingerprint density at radius 3 is 2.33 bits per heavy atom. The highest BCUT2D eigenvalue weighted by molar-refractivity contribution is 6.34. The quantitative estimate of drug-likeness (QED) is 0.595. The molecule has 2 aromatic rings. The molecule has 0 spiro atoms. The molecule has 30 heavy (non-hydrogen) atoms. The number of hydrogen-bond donors (Lipinski definition) is 2. The molecule has 0 fully saturated rings. The summed E-state index contributed by atoms with van der Waals surface area (Å²) in [6.07, 6.45) is -0.342. The van der Waals surface area contributed by atoms with E-state index in [1.807, 2.05) is 0 Å². The van der Waals surface area contributed by atoms with Crippen LogP contribution in [-0.4, -0.2) is 36.0 Å². The van der Waals surface area contributed by atoms with Crippen molar-refractivity contribution in [2.24, 2.45) is 0 Å². The van der Waals surface area contributed by atoms with E-state index in [0.717, 1.165) is 12.1 Å². The van der Waals surface area contributed by atoms with E-state index >= 15 is 0 Å². The van der Waals surface area contributed by atoms with Crippen LogP contribution in [0.15, 0.2) is 30.3 Å². The topological polar surface area (TPSA) is 70.7 Å². The fraction of sp³-hybridized carbons (Fsp3) is 0.333. The minimum absolute atomic E-state index is 0.00161. The molecule has 2 N–H and O–H groups in total. The number of halogens is 3. The molecular weight excluding hydrogens is 416 g/mol. The van der Waals surface area contributed by atoms with Gasteiger partial charge < -0.3 is 20.3 Å². The Bertz CT molecular complexity index is 914. The number of carbonyl (C=O) groups is 2. The first-order valence-corrected chi connectivity index (χ1v) is 9.87. The highest BCUT2D eigenvalue weighted by atomic mass is 35.5. The molecule has 162 valence electrons. The minimum Gasteiger partial charge on any atom is -0.490 e. The van der Waals surface area contributed by atoms with Gasteiger partial charge in [0.15, 0.2) is 0 Å². The SMILES string of the molecule is CCN(CC)C(=O)Nc1cc(OC(C)C)c(C(=O)Nc2c(F)cccc2Cl)cc1F. The lowest BCUT2D eigenvalue weighted by Crippen LogP contribution is -2.34. The number of amides is 3. The molecule has 0 aliphatic carbocycles. The number of urea groups is 1. The number of carbonyl (C=O) groups excluding carboxylic acids is 2. The molecule has 0 saturated heterocycles. The number of hydrogen-bond acceptors (Lipinski definition) is 3. The molecule has 0 aliphatic rings.